The monoisotopic (exact) mass is 405 g/mol. The first kappa shape index (κ1) is 19.6. The standard InChI is InChI=1S/C19H23N3O3S2/c1-13(2)12-16(19(23)20-10-9-14-6-5-11-26-14)21-18-15-7-3-4-8-17(15)27(24,25)22-18/h3-8,11,13,16H,9-10,12H2,1-2H3,(H,20,23)(H,21,22). The SMILES string of the molecule is CC(C)CC(N=C1NS(=O)(=O)c2ccccc21)C(=O)NCCc1cccs1. The van der Waals surface area contributed by atoms with Crippen LogP contribution in [0.5, 0.6) is 0 Å². The van der Waals surface area contributed by atoms with Gasteiger partial charge in [-0.25, -0.2) is 8.42 Å². The van der Waals surface area contributed by atoms with E-state index in [1.54, 1.807) is 35.6 Å². The van der Waals surface area contributed by atoms with Gasteiger partial charge in [0.1, 0.15) is 11.9 Å². The molecule has 1 amide bonds. The molecule has 1 aromatic heterocycles. The van der Waals surface area contributed by atoms with Crippen molar-refractivity contribution >= 4 is 33.1 Å². The molecule has 1 atom stereocenters. The third-order valence-corrected chi connectivity index (χ3v) is 6.53. The Morgan fingerprint density at radius 2 is 2.00 bits per heavy atom. The number of fused-ring (bicyclic) bond motifs is 1. The van der Waals surface area contributed by atoms with Gasteiger partial charge in [0, 0.05) is 17.0 Å². The minimum atomic E-state index is -3.61. The molecule has 0 aliphatic carbocycles. The highest BCUT2D eigenvalue weighted by molar-refractivity contribution is 7.90. The zero-order chi connectivity index (χ0) is 19.4. The van der Waals surface area contributed by atoms with Crippen LogP contribution in [0.25, 0.3) is 0 Å². The van der Waals surface area contributed by atoms with Gasteiger partial charge in [-0.05, 0) is 42.3 Å². The second-order valence-corrected chi connectivity index (χ2v) is 9.53. The molecule has 2 aromatic rings. The summed E-state index contributed by atoms with van der Waals surface area (Å²) in [5.74, 6) is 0.302. The lowest BCUT2D eigenvalue weighted by molar-refractivity contribution is -0.122. The molecule has 3 rings (SSSR count). The number of hydrogen-bond acceptors (Lipinski definition) is 5. The fraction of sp³-hybridized carbons (Fsp3) is 0.368. The first-order valence-corrected chi connectivity index (χ1v) is 11.2. The number of amidine groups is 1. The maximum absolute atomic E-state index is 12.7. The summed E-state index contributed by atoms with van der Waals surface area (Å²) in [5.41, 5.74) is 0.512. The van der Waals surface area contributed by atoms with Gasteiger partial charge in [0.15, 0.2) is 0 Å². The van der Waals surface area contributed by atoms with Gasteiger partial charge in [-0.1, -0.05) is 32.0 Å². The van der Waals surface area contributed by atoms with Crippen molar-refractivity contribution in [1.29, 1.82) is 0 Å². The summed E-state index contributed by atoms with van der Waals surface area (Å²) in [6.45, 7) is 4.55. The molecule has 1 unspecified atom stereocenters. The van der Waals surface area contributed by atoms with Crippen molar-refractivity contribution in [3.63, 3.8) is 0 Å². The van der Waals surface area contributed by atoms with E-state index in [1.807, 2.05) is 31.4 Å². The van der Waals surface area contributed by atoms with Crippen LogP contribution >= 0.6 is 11.3 Å². The molecule has 0 bridgehead atoms. The third-order valence-electron chi connectivity index (χ3n) is 4.20. The Hall–Kier alpha value is -2.19. The van der Waals surface area contributed by atoms with E-state index in [4.69, 9.17) is 0 Å². The third kappa shape index (κ3) is 4.75. The Kier molecular flexibility index (Phi) is 5.96. The average Bonchev–Trinajstić information content (AvgIpc) is 3.21. The summed E-state index contributed by atoms with van der Waals surface area (Å²) in [6.07, 6.45) is 1.31. The van der Waals surface area contributed by atoms with Gasteiger partial charge >= 0.3 is 0 Å². The van der Waals surface area contributed by atoms with Crippen molar-refractivity contribution in [2.45, 2.75) is 37.6 Å². The Labute approximate surface area is 163 Å². The van der Waals surface area contributed by atoms with Crippen LogP contribution in [-0.2, 0) is 21.2 Å². The fourth-order valence-corrected chi connectivity index (χ4v) is 4.88. The van der Waals surface area contributed by atoms with E-state index in [0.29, 0.717) is 18.5 Å². The Bertz CT molecular complexity index is 935. The molecule has 0 saturated heterocycles. The van der Waals surface area contributed by atoms with E-state index < -0.39 is 16.1 Å². The van der Waals surface area contributed by atoms with Gasteiger partial charge in [0.25, 0.3) is 10.0 Å². The van der Waals surface area contributed by atoms with E-state index in [-0.39, 0.29) is 22.6 Å². The lowest BCUT2D eigenvalue weighted by atomic mass is 10.0. The van der Waals surface area contributed by atoms with Gasteiger partial charge in [-0.3, -0.25) is 14.5 Å². The molecular formula is C19H23N3O3S2. The van der Waals surface area contributed by atoms with Crippen LogP contribution in [0.3, 0.4) is 0 Å². The lowest BCUT2D eigenvalue weighted by Gasteiger charge is -2.16. The number of carbonyl (C=O) groups excluding carboxylic acids is 1. The number of nitrogens with one attached hydrogen (secondary N) is 2. The van der Waals surface area contributed by atoms with Gasteiger partial charge in [-0.15, -0.1) is 11.3 Å². The van der Waals surface area contributed by atoms with Gasteiger partial charge in [0.05, 0.1) is 4.90 Å². The normalized spacial score (nSPS) is 17.5. The number of thiophene rings is 1. The molecule has 1 aliphatic rings. The lowest BCUT2D eigenvalue weighted by Crippen LogP contribution is -2.37. The van der Waals surface area contributed by atoms with E-state index >= 15 is 0 Å². The summed E-state index contributed by atoms with van der Waals surface area (Å²) in [6, 6.07) is 10.0. The maximum Gasteiger partial charge on any atom is 0.263 e. The first-order valence-electron chi connectivity index (χ1n) is 8.87. The van der Waals surface area contributed by atoms with Crippen molar-refractivity contribution < 1.29 is 13.2 Å². The average molecular weight is 406 g/mol. The number of hydrogen-bond donors (Lipinski definition) is 2. The Morgan fingerprint density at radius 1 is 1.22 bits per heavy atom. The number of carbonyl (C=O) groups is 1. The number of rotatable bonds is 7. The van der Waals surface area contributed by atoms with Gasteiger partial charge in [0.2, 0.25) is 5.91 Å². The number of amides is 1. The largest absolute Gasteiger partial charge is 0.354 e. The molecule has 6 nitrogen and oxygen atoms in total. The predicted molar refractivity (Wildman–Crippen MR) is 108 cm³/mol. The van der Waals surface area contributed by atoms with Crippen LogP contribution in [0.2, 0.25) is 0 Å². The zero-order valence-corrected chi connectivity index (χ0v) is 16.9. The van der Waals surface area contributed by atoms with Crippen LogP contribution in [0.15, 0.2) is 51.7 Å². The second kappa shape index (κ2) is 8.22. The van der Waals surface area contributed by atoms with E-state index in [9.17, 15) is 13.2 Å². The van der Waals surface area contributed by atoms with Crippen molar-refractivity contribution in [2.24, 2.45) is 10.9 Å². The molecule has 8 heteroatoms. The molecule has 144 valence electrons. The quantitative estimate of drug-likeness (QED) is 0.742. The van der Waals surface area contributed by atoms with Crippen LogP contribution < -0.4 is 10.0 Å². The minimum absolute atomic E-state index is 0.184. The molecule has 1 aliphatic heterocycles. The van der Waals surface area contributed by atoms with E-state index in [1.165, 1.54) is 4.88 Å². The molecule has 1 aromatic carbocycles. The predicted octanol–water partition coefficient (Wildman–Crippen LogP) is 2.56. The molecule has 0 fully saturated rings. The Morgan fingerprint density at radius 3 is 2.70 bits per heavy atom. The number of aliphatic imine (C=N–C) groups is 1. The molecule has 0 radical (unpaired) electrons. The smallest absolute Gasteiger partial charge is 0.263 e. The first-order chi connectivity index (χ1) is 12.9. The van der Waals surface area contributed by atoms with Crippen LogP contribution in [0.4, 0.5) is 0 Å². The number of sulfonamides is 1. The molecular weight excluding hydrogens is 382 g/mol. The summed E-state index contributed by atoms with van der Waals surface area (Å²) < 4.78 is 27.0. The van der Waals surface area contributed by atoms with Crippen LogP contribution in [0, 0.1) is 5.92 Å². The van der Waals surface area contributed by atoms with Gasteiger partial charge < -0.3 is 5.32 Å². The maximum atomic E-state index is 12.7. The fourth-order valence-electron chi connectivity index (χ4n) is 2.93. The Balaban J connectivity index is 1.77. The topological polar surface area (TPSA) is 87.6 Å². The minimum Gasteiger partial charge on any atom is -0.354 e. The number of benzene rings is 1. The van der Waals surface area contributed by atoms with Crippen molar-refractivity contribution in [2.75, 3.05) is 6.54 Å². The molecule has 0 saturated carbocycles. The summed E-state index contributed by atoms with van der Waals surface area (Å²) in [5, 5.41) is 4.94. The number of nitrogens with zero attached hydrogens (tertiary/aromatic N) is 1. The second-order valence-electron chi connectivity index (χ2n) is 6.85. The van der Waals surface area contributed by atoms with Gasteiger partial charge in [-0.2, -0.15) is 0 Å². The van der Waals surface area contributed by atoms with Crippen LogP contribution in [0.1, 0.15) is 30.7 Å². The summed E-state index contributed by atoms with van der Waals surface area (Å²) >= 11 is 1.66. The summed E-state index contributed by atoms with van der Waals surface area (Å²) in [4.78, 5) is 18.6. The molecule has 2 heterocycles. The van der Waals surface area contributed by atoms with Crippen molar-refractivity contribution in [3.8, 4) is 0 Å². The van der Waals surface area contributed by atoms with Crippen molar-refractivity contribution in [3.05, 3.63) is 52.2 Å². The highest BCUT2D eigenvalue weighted by Crippen LogP contribution is 2.23. The van der Waals surface area contributed by atoms with E-state index in [2.05, 4.69) is 15.0 Å². The van der Waals surface area contributed by atoms with Crippen LogP contribution in [-0.4, -0.2) is 32.7 Å². The van der Waals surface area contributed by atoms with Crippen molar-refractivity contribution in [1.82, 2.24) is 10.0 Å². The highest BCUT2D eigenvalue weighted by Gasteiger charge is 2.32. The highest BCUT2D eigenvalue weighted by atomic mass is 32.2. The summed E-state index contributed by atoms with van der Waals surface area (Å²) in [7, 11) is -3.61. The molecule has 0 spiro atoms. The molecule has 27 heavy (non-hydrogen) atoms. The molecule has 2 N–H and O–H groups in total. The van der Waals surface area contributed by atoms with E-state index in [0.717, 1.165) is 6.42 Å². The zero-order valence-electron chi connectivity index (χ0n) is 15.3.